The van der Waals surface area contributed by atoms with E-state index in [1.807, 2.05) is 0 Å². The number of fused-ring (bicyclic) bond motifs is 1. The van der Waals surface area contributed by atoms with E-state index in [1.165, 1.54) is 12.1 Å². The lowest BCUT2D eigenvalue weighted by Gasteiger charge is -2.07. The van der Waals surface area contributed by atoms with Crippen LogP contribution in [0, 0.1) is 0 Å². The zero-order valence-electron chi connectivity index (χ0n) is 7.81. The molecule has 0 fully saturated rings. The third kappa shape index (κ3) is 1.96. The molecule has 2 aromatic rings. The molecule has 3 nitrogen and oxygen atoms in total. The van der Waals surface area contributed by atoms with Gasteiger partial charge >= 0.3 is 0 Å². The molecule has 0 saturated heterocycles. The van der Waals surface area contributed by atoms with Gasteiger partial charge in [0.15, 0.2) is 0 Å². The molecule has 0 aliphatic carbocycles. The maximum Gasteiger partial charge on any atom is 0.295 e. The van der Waals surface area contributed by atoms with E-state index in [9.17, 15) is 8.42 Å². The van der Waals surface area contributed by atoms with Gasteiger partial charge in [0.25, 0.3) is 10.1 Å². The normalized spacial score (nSPS) is 11.9. The van der Waals surface area contributed by atoms with Crippen molar-refractivity contribution < 1.29 is 13.0 Å². The first-order chi connectivity index (χ1) is 7.41. The van der Waals surface area contributed by atoms with Crippen molar-refractivity contribution in [3.63, 3.8) is 0 Å². The molecule has 0 aliphatic rings. The molecule has 0 spiro atoms. The smallest absolute Gasteiger partial charge is 0.282 e. The highest BCUT2D eigenvalue weighted by molar-refractivity contribution is 9.10. The van der Waals surface area contributed by atoms with E-state index in [0.29, 0.717) is 20.3 Å². The van der Waals surface area contributed by atoms with Crippen molar-refractivity contribution >= 4 is 48.4 Å². The molecule has 0 atom stereocenters. The fourth-order valence-corrected chi connectivity index (χ4v) is 3.15. The maximum atomic E-state index is 11.2. The predicted octanol–water partition coefficient (Wildman–Crippen LogP) is 3.50. The molecule has 0 aromatic heterocycles. The Bertz CT molecular complexity index is 667. The van der Waals surface area contributed by atoms with Crippen LogP contribution in [0.4, 0.5) is 0 Å². The summed E-state index contributed by atoms with van der Waals surface area (Å²) in [6.45, 7) is 0. The summed E-state index contributed by atoms with van der Waals surface area (Å²) in [6, 6.07) is 7.85. The third-order valence-corrected chi connectivity index (χ3v) is 4.06. The fraction of sp³-hybridized carbons (Fsp3) is 0. The summed E-state index contributed by atoms with van der Waals surface area (Å²) < 4.78 is 32.1. The van der Waals surface area contributed by atoms with E-state index in [4.69, 9.17) is 16.2 Å². The summed E-state index contributed by atoms with van der Waals surface area (Å²) in [7, 11) is -4.26. The van der Waals surface area contributed by atoms with Crippen molar-refractivity contribution in [3.8, 4) is 0 Å². The van der Waals surface area contributed by atoms with Crippen molar-refractivity contribution in [2.75, 3.05) is 0 Å². The molecule has 0 bridgehead atoms. The largest absolute Gasteiger partial charge is 0.295 e. The van der Waals surface area contributed by atoms with Crippen LogP contribution in [0.2, 0.25) is 5.02 Å². The van der Waals surface area contributed by atoms with Crippen LogP contribution in [0.25, 0.3) is 10.8 Å². The molecule has 2 aromatic carbocycles. The van der Waals surface area contributed by atoms with Gasteiger partial charge in [-0.2, -0.15) is 8.42 Å². The number of hydrogen-bond acceptors (Lipinski definition) is 2. The second-order valence-corrected chi connectivity index (χ2v) is 5.83. The minimum atomic E-state index is -4.26. The van der Waals surface area contributed by atoms with Crippen LogP contribution in [0.15, 0.2) is 39.7 Å². The van der Waals surface area contributed by atoms with Crippen molar-refractivity contribution in [1.29, 1.82) is 0 Å². The van der Waals surface area contributed by atoms with Gasteiger partial charge in [-0.05, 0) is 18.2 Å². The van der Waals surface area contributed by atoms with Crippen LogP contribution < -0.4 is 0 Å². The lowest BCUT2D eigenvalue weighted by atomic mass is 10.1. The minimum Gasteiger partial charge on any atom is -0.282 e. The zero-order chi connectivity index (χ0) is 11.9. The van der Waals surface area contributed by atoms with E-state index in [2.05, 4.69) is 15.9 Å². The number of halogens is 2. The lowest BCUT2D eigenvalue weighted by Crippen LogP contribution is -1.99. The molecule has 2 rings (SSSR count). The molecule has 16 heavy (non-hydrogen) atoms. The average Bonchev–Trinajstić information content (AvgIpc) is 2.22. The van der Waals surface area contributed by atoms with Gasteiger partial charge in [0.2, 0.25) is 0 Å². The zero-order valence-corrected chi connectivity index (χ0v) is 11.0. The van der Waals surface area contributed by atoms with Crippen LogP contribution in [-0.4, -0.2) is 13.0 Å². The van der Waals surface area contributed by atoms with E-state index >= 15 is 0 Å². The van der Waals surface area contributed by atoms with E-state index < -0.39 is 10.1 Å². The second-order valence-electron chi connectivity index (χ2n) is 3.18. The fourth-order valence-electron chi connectivity index (χ4n) is 1.51. The van der Waals surface area contributed by atoms with Crippen LogP contribution >= 0.6 is 27.5 Å². The Hall–Kier alpha value is -0.620. The van der Waals surface area contributed by atoms with Crippen molar-refractivity contribution in [3.05, 3.63) is 39.8 Å². The summed E-state index contributed by atoms with van der Waals surface area (Å²) in [5.74, 6) is 0. The van der Waals surface area contributed by atoms with Crippen LogP contribution in [0.3, 0.4) is 0 Å². The van der Waals surface area contributed by atoms with E-state index in [0.717, 1.165) is 0 Å². The molecule has 0 heterocycles. The second kappa shape index (κ2) is 4.00. The topological polar surface area (TPSA) is 54.4 Å². The van der Waals surface area contributed by atoms with Gasteiger partial charge in [0.1, 0.15) is 4.90 Å². The first kappa shape index (κ1) is 11.9. The molecular formula is C10H6BrClO3S. The first-order valence-corrected chi connectivity index (χ1v) is 6.86. The average molecular weight is 322 g/mol. The van der Waals surface area contributed by atoms with Crippen LogP contribution in [-0.2, 0) is 10.1 Å². The highest BCUT2D eigenvalue weighted by Crippen LogP contribution is 2.34. The van der Waals surface area contributed by atoms with Gasteiger partial charge in [-0.25, -0.2) is 0 Å². The van der Waals surface area contributed by atoms with Gasteiger partial charge in [-0.3, -0.25) is 4.55 Å². The first-order valence-electron chi connectivity index (χ1n) is 4.25. The molecule has 0 amide bonds. The SMILES string of the molecule is O=S(=O)(O)c1cccc2c(Cl)ccc(Br)c12. The molecule has 0 saturated carbocycles. The monoisotopic (exact) mass is 320 g/mol. The number of benzene rings is 2. The van der Waals surface area contributed by atoms with E-state index in [1.54, 1.807) is 18.2 Å². The van der Waals surface area contributed by atoms with Crippen molar-refractivity contribution in [2.24, 2.45) is 0 Å². The summed E-state index contributed by atoms with van der Waals surface area (Å²) in [5, 5.41) is 1.40. The van der Waals surface area contributed by atoms with Crippen LogP contribution in [0.1, 0.15) is 0 Å². The highest BCUT2D eigenvalue weighted by Gasteiger charge is 2.16. The Morgan fingerprint density at radius 2 is 1.88 bits per heavy atom. The quantitative estimate of drug-likeness (QED) is 0.818. The number of hydrogen-bond donors (Lipinski definition) is 1. The van der Waals surface area contributed by atoms with Crippen LogP contribution in [0.5, 0.6) is 0 Å². The third-order valence-electron chi connectivity index (χ3n) is 2.18. The maximum absolute atomic E-state index is 11.2. The molecular weight excluding hydrogens is 316 g/mol. The molecule has 1 N–H and O–H groups in total. The van der Waals surface area contributed by atoms with Crippen molar-refractivity contribution in [2.45, 2.75) is 4.90 Å². The molecule has 0 unspecified atom stereocenters. The van der Waals surface area contributed by atoms with Gasteiger partial charge < -0.3 is 0 Å². The van der Waals surface area contributed by atoms with E-state index in [-0.39, 0.29) is 4.90 Å². The number of rotatable bonds is 1. The Morgan fingerprint density at radius 3 is 2.50 bits per heavy atom. The van der Waals surface area contributed by atoms with Gasteiger partial charge in [-0.1, -0.05) is 39.7 Å². The van der Waals surface area contributed by atoms with Gasteiger partial charge in [0, 0.05) is 20.3 Å². The minimum absolute atomic E-state index is 0.153. The standard InChI is InChI=1S/C10H6BrClO3S/c11-7-4-5-8(12)6-2-1-3-9(10(6)7)16(13,14)15/h1-5H,(H,13,14,15). The lowest BCUT2D eigenvalue weighted by molar-refractivity contribution is 0.484. The van der Waals surface area contributed by atoms with Gasteiger partial charge in [0.05, 0.1) is 0 Å². The Labute approximate surface area is 106 Å². The Kier molecular flexibility index (Phi) is 2.96. The van der Waals surface area contributed by atoms with Crippen molar-refractivity contribution in [1.82, 2.24) is 0 Å². The summed E-state index contributed by atoms with van der Waals surface area (Å²) in [5.41, 5.74) is 0. The molecule has 0 radical (unpaired) electrons. The Balaban J connectivity index is 3.04. The summed E-state index contributed by atoms with van der Waals surface area (Å²) in [4.78, 5) is -0.153. The molecule has 84 valence electrons. The van der Waals surface area contributed by atoms with Gasteiger partial charge in [-0.15, -0.1) is 0 Å². The summed E-state index contributed by atoms with van der Waals surface area (Å²) >= 11 is 9.19. The predicted molar refractivity (Wildman–Crippen MR) is 66.5 cm³/mol. The summed E-state index contributed by atoms with van der Waals surface area (Å²) in [6.07, 6.45) is 0. The Morgan fingerprint density at radius 1 is 1.19 bits per heavy atom. The molecule has 6 heteroatoms. The highest BCUT2D eigenvalue weighted by atomic mass is 79.9. The molecule has 0 aliphatic heterocycles.